The van der Waals surface area contributed by atoms with Gasteiger partial charge in [-0.2, -0.15) is 13.2 Å². The van der Waals surface area contributed by atoms with E-state index >= 15 is 0 Å². The van der Waals surface area contributed by atoms with E-state index in [4.69, 9.17) is 11.6 Å². The Bertz CT molecular complexity index is 974. The Morgan fingerprint density at radius 2 is 1.68 bits per heavy atom. The second kappa shape index (κ2) is 7.43. The molecule has 144 valence electrons. The second-order valence-corrected chi connectivity index (χ2v) is 6.15. The lowest BCUT2D eigenvalue weighted by molar-refractivity contribution is -0.137. The van der Waals surface area contributed by atoms with Gasteiger partial charge in [-0.1, -0.05) is 23.7 Å². The number of aliphatic imine (C=N–C) groups is 1. The van der Waals surface area contributed by atoms with E-state index in [1.54, 1.807) is 0 Å². The van der Waals surface area contributed by atoms with Gasteiger partial charge >= 0.3 is 12.2 Å². The van der Waals surface area contributed by atoms with Crippen LogP contribution in [-0.4, -0.2) is 24.1 Å². The smallest absolute Gasteiger partial charge is 0.276 e. The molecule has 4 amide bonds. The number of urea groups is 1. The molecule has 0 bridgehead atoms. The van der Waals surface area contributed by atoms with E-state index in [1.165, 1.54) is 36.4 Å². The predicted octanol–water partition coefficient (Wildman–Crippen LogP) is 3.96. The van der Waals surface area contributed by atoms with Crippen LogP contribution in [0.1, 0.15) is 5.56 Å². The van der Waals surface area contributed by atoms with Crippen molar-refractivity contribution in [3.8, 4) is 0 Å². The van der Waals surface area contributed by atoms with Gasteiger partial charge in [0, 0.05) is 11.2 Å². The van der Waals surface area contributed by atoms with Gasteiger partial charge in [-0.15, -0.1) is 0 Å². The van der Waals surface area contributed by atoms with E-state index in [-0.39, 0.29) is 5.69 Å². The molecule has 28 heavy (non-hydrogen) atoms. The highest BCUT2D eigenvalue weighted by Gasteiger charge is 2.40. The molecular formula is C18H11ClF3N3O3. The second-order valence-electron chi connectivity index (χ2n) is 5.72. The first kappa shape index (κ1) is 19.6. The summed E-state index contributed by atoms with van der Waals surface area (Å²) in [5, 5.41) is 2.35. The number of nitrogens with zero attached hydrogens (tertiary/aromatic N) is 2. The molecular weight excluding hydrogens is 399 g/mol. The van der Waals surface area contributed by atoms with Crippen LogP contribution in [0.5, 0.6) is 0 Å². The van der Waals surface area contributed by atoms with E-state index < -0.39 is 41.2 Å². The number of carbonyl (C=O) groups is 3. The van der Waals surface area contributed by atoms with E-state index in [9.17, 15) is 27.6 Å². The summed E-state index contributed by atoms with van der Waals surface area (Å²) in [5.41, 5.74) is -1.32. The number of hydrogen-bond acceptors (Lipinski definition) is 4. The summed E-state index contributed by atoms with van der Waals surface area (Å²) < 4.78 is 39.2. The van der Waals surface area contributed by atoms with Crippen LogP contribution in [0.25, 0.3) is 0 Å². The highest BCUT2D eigenvalue weighted by atomic mass is 35.5. The molecule has 2 aromatic rings. The van der Waals surface area contributed by atoms with Crippen molar-refractivity contribution in [2.45, 2.75) is 6.18 Å². The SMILES string of the molecule is O=C1NC(=O)N(c2ccc(Cl)cc2)C(=O)[C@H]1C=Nc1ccccc1C(F)(F)F. The molecule has 1 heterocycles. The largest absolute Gasteiger partial charge is 0.418 e. The first-order valence-electron chi connectivity index (χ1n) is 7.83. The van der Waals surface area contributed by atoms with Gasteiger partial charge in [0.2, 0.25) is 5.91 Å². The molecule has 0 aromatic heterocycles. The van der Waals surface area contributed by atoms with Gasteiger partial charge in [0.15, 0.2) is 5.92 Å². The van der Waals surface area contributed by atoms with Gasteiger partial charge in [-0.25, -0.2) is 9.69 Å². The summed E-state index contributed by atoms with van der Waals surface area (Å²) in [7, 11) is 0. The van der Waals surface area contributed by atoms with Crippen molar-refractivity contribution in [3.05, 3.63) is 59.1 Å². The van der Waals surface area contributed by atoms with Crippen molar-refractivity contribution >= 4 is 47.0 Å². The van der Waals surface area contributed by atoms with Gasteiger partial charge in [0.05, 0.1) is 16.9 Å². The average Bonchev–Trinajstić information content (AvgIpc) is 2.62. The monoisotopic (exact) mass is 409 g/mol. The van der Waals surface area contributed by atoms with Gasteiger partial charge in [-0.05, 0) is 36.4 Å². The number of nitrogens with one attached hydrogen (secondary N) is 1. The van der Waals surface area contributed by atoms with Crippen LogP contribution in [0.3, 0.4) is 0 Å². The summed E-state index contributed by atoms with van der Waals surface area (Å²) in [6.45, 7) is 0. The first-order chi connectivity index (χ1) is 13.2. The number of hydrogen-bond donors (Lipinski definition) is 1. The van der Waals surface area contributed by atoms with Gasteiger partial charge in [0.1, 0.15) is 0 Å². The van der Waals surface area contributed by atoms with Crippen molar-refractivity contribution in [2.24, 2.45) is 10.9 Å². The fraction of sp³-hybridized carbons (Fsp3) is 0.111. The first-order valence-corrected chi connectivity index (χ1v) is 8.21. The highest BCUT2D eigenvalue weighted by Crippen LogP contribution is 2.36. The van der Waals surface area contributed by atoms with Crippen LogP contribution in [0.15, 0.2) is 53.5 Å². The molecule has 0 aliphatic carbocycles. The fourth-order valence-electron chi connectivity index (χ4n) is 2.54. The third-order valence-corrected chi connectivity index (χ3v) is 4.11. The molecule has 6 nitrogen and oxygen atoms in total. The average molecular weight is 410 g/mol. The van der Waals surface area contributed by atoms with Crippen LogP contribution in [-0.2, 0) is 15.8 Å². The lowest BCUT2D eigenvalue weighted by Gasteiger charge is -2.28. The normalized spacial score (nSPS) is 17.9. The number of alkyl halides is 3. The number of imide groups is 2. The third-order valence-electron chi connectivity index (χ3n) is 3.86. The third kappa shape index (κ3) is 3.89. The Labute approximate surface area is 161 Å². The molecule has 1 aliphatic rings. The Kier molecular flexibility index (Phi) is 5.19. The fourth-order valence-corrected chi connectivity index (χ4v) is 2.66. The van der Waals surface area contributed by atoms with Crippen molar-refractivity contribution in [1.82, 2.24) is 5.32 Å². The number of halogens is 4. The van der Waals surface area contributed by atoms with Crippen LogP contribution < -0.4 is 10.2 Å². The molecule has 0 saturated carbocycles. The number of rotatable bonds is 3. The molecule has 0 unspecified atom stereocenters. The van der Waals surface area contributed by atoms with Crippen LogP contribution in [0, 0.1) is 5.92 Å². The molecule has 1 saturated heterocycles. The molecule has 0 radical (unpaired) electrons. The standard InChI is InChI=1S/C18H11ClF3N3O3/c19-10-5-7-11(8-6-10)25-16(27)12(15(26)24-17(25)28)9-23-14-4-2-1-3-13(14)18(20,21)22/h1-9,12H,(H,24,26,28)/t12-/m0/s1. The van der Waals surface area contributed by atoms with Gasteiger partial charge in [-0.3, -0.25) is 19.9 Å². The molecule has 0 spiro atoms. The highest BCUT2D eigenvalue weighted by molar-refractivity contribution is 6.33. The minimum absolute atomic E-state index is 0.147. The minimum atomic E-state index is -4.65. The van der Waals surface area contributed by atoms with Crippen molar-refractivity contribution in [2.75, 3.05) is 4.90 Å². The lowest BCUT2D eigenvalue weighted by atomic mass is 10.1. The number of barbiturate groups is 1. The number of benzene rings is 2. The van der Waals surface area contributed by atoms with Gasteiger partial charge < -0.3 is 0 Å². The maximum Gasteiger partial charge on any atom is 0.418 e. The Morgan fingerprint density at radius 1 is 1.04 bits per heavy atom. The summed E-state index contributed by atoms with van der Waals surface area (Å²) >= 11 is 5.77. The molecule has 10 heteroatoms. The van der Waals surface area contributed by atoms with E-state index in [0.717, 1.165) is 18.3 Å². The Morgan fingerprint density at radius 3 is 2.32 bits per heavy atom. The van der Waals surface area contributed by atoms with E-state index in [2.05, 4.69) is 4.99 Å². The topological polar surface area (TPSA) is 78.8 Å². The lowest BCUT2D eigenvalue weighted by Crippen LogP contribution is -2.58. The summed E-state index contributed by atoms with van der Waals surface area (Å²) in [6, 6.07) is 9.16. The van der Waals surface area contributed by atoms with Crippen molar-refractivity contribution in [1.29, 1.82) is 0 Å². The number of para-hydroxylation sites is 1. The summed E-state index contributed by atoms with van der Waals surface area (Å²) in [5.74, 6) is -3.49. The zero-order valence-electron chi connectivity index (χ0n) is 13.9. The quantitative estimate of drug-likeness (QED) is 0.615. The van der Waals surface area contributed by atoms with E-state index in [1.807, 2.05) is 5.32 Å². The molecule has 1 atom stereocenters. The molecule has 1 N–H and O–H groups in total. The Hall–Kier alpha value is -3.20. The van der Waals surface area contributed by atoms with Gasteiger partial charge in [0.25, 0.3) is 5.91 Å². The zero-order valence-corrected chi connectivity index (χ0v) is 14.7. The Balaban J connectivity index is 1.93. The molecule has 3 rings (SSSR count). The van der Waals surface area contributed by atoms with Crippen LogP contribution in [0.4, 0.5) is 29.3 Å². The van der Waals surface area contributed by atoms with Crippen LogP contribution in [0.2, 0.25) is 5.02 Å². The maximum absolute atomic E-state index is 13.1. The summed E-state index contributed by atoms with van der Waals surface area (Å²) in [4.78, 5) is 41.1. The van der Waals surface area contributed by atoms with Crippen molar-refractivity contribution < 1.29 is 27.6 Å². The molecule has 1 fully saturated rings. The summed E-state index contributed by atoms with van der Waals surface area (Å²) in [6.07, 6.45) is -3.87. The minimum Gasteiger partial charge on any atom is -0.276 e. The zero-order chi connectivity index (χ0) is 20.5. The number of anilines is 1. The van der Waals surface area contributed by atoms with Crippen molar-refractivity contribution in [3.63, 3.8) is 0 Å². The number of carbonyl (C=O) groups excluding carboxylic acids is 3. The van der Waals surface area contributed by atoms with E-state index in [0.29, 0.717) is 9.92 Å². The molecule has 1 aliphatic heterocycles. The van der Waals surface area contributed by atoms with Crippen LogP contribution >= 0.6 is 11.6 Å². The predicted molar refractivity (Wildman–Crippen MR) is 95.6 cm³/mol. The maximum atomic E-state index is 13.1. The molecule has 2 aromatic carbocycles. The number of amides is 4.